The maximum Gasteiger partial charge on any atom is 0.254 e. The number of aromatic nitrogens is 2. The van der Waals surface area contributed by atoms with Gasteiger partial charge in [0.1, 0.15) is 5.82 Å². The second-order valence-corrected chi connectivity index (χ2v) is 8.77. The maximum atomic E-state index is 13.1. The Morgan fingerprint density at radius 3 is 2.43 bits per heavy atom. The first-order valence-electron chi connectivity index (χ1n) is 10.2. The summed E-state index contributed by atoms with van der Waals surface area (Å²) in [5, 5.41) is 0. The number of rotatable bonds is 4. The van der Waals surface area contributed by atoms with E-state index in [0.717, 1.165) is 39.4 Å². The van der Waals surface area contributed by atoms with Crippen LogP contribution in [0.5, 0.6) is 0 Å². The van der Waals surface area contributed by atoms with Crippen LogP contribution in [0, 0.1) is 0 Å². The zero-order chi connectivity index (χ0) is 21.3. The smallest absolute Gasteiger partial charge is 0.254 e. The van der Waals surface area contributed by atoms with Gasteiger partial charge in [-0.1, -0.05) is 46.3 Å². The number of carbonyl (C=O) groups excluding carboxylic acids is 1. The molecular formula is C24H25BrN4O. The second-order valence-electron chi connectivity index (χ2n) is 7.85. The number of nitrogens with zero attached hydrogens (tertiary/aromatic N) is 4. The van der Waals surface area contributed by atoms with Crippen molar-refractivity contribution in [3.63, 3.8) is 0 Å². The maximum absolute atomic E-state index is 13.1. The highest BCUT2D eigenvalue weighted by molar-refractivity contribution is 9.10. The number of anilines is 1. The Balaban J connectivity index is 1.72. The molecule has 1 aromatic heterocycles. The van der Waals surface area contributed by atoms with Gasteiger partial charge < -0.3 is 9.80 Å². The average molecular weight is 465 g/mol. The Labute approximate surface area is 185 Å². The van der Waals surface area contributed by atoms with Gasteiger partial charge in [-0.3, -0.25) is 4.79 Å². The second kappa shape index (κ2) is 8.56. The van der Waals surface area contributed by atoms with Gasteiger partial charge in [-0.2, -0.15) is 0 Å². The van der Waals surface area contributed by atoms with Gasteiger partial charge in [-0.25, -0.2) is 9.97 Å². The molecule has 6 heteroatoms. The number of benzene rings is 2. The van der Waals surface area contributed by atoms with E-state index in [9.17, 15) is 4.79 Å². The molecular weight excluding hydrogens is 440 g/mol. The standard InChI is InChI=1S/C24H25BrN4O/c1-16(2)28(3)23-20-15-29(24(30)18-9-11-19(25)12-10-18)14-13-21(20)26-22(27-23)17-7-5-4-6-8-17/h4-12,16H,13-15H2,1-3H3. The summed E-state index contributed by atoms with van der Waals surface area (Å²) in [4.78, 5) is 27.0. The fourth-order valence-corrected chi connectivity index (χ4v) is 3.86. The van der Waals surface area contributed by atoms with Crippen LogP contribution >= 0.6 is 15.9 Å². The Morgan fingerprint density at radius 1 is 1.07 bits per heavy atom. The van der Waals surface area contributed by atoms with E-state index < -0.39 is 0 Å². The van der Waals surface area contributed by atoms with E-state index in [1.807, 2.05) is 59.5 Å². The highest BCUT2D eigenvalue weighted by Gasteiger charge is 2.28. The zero-order valence-corrected chi connectivity index (χ0v) is 19.1. The topological polar surface area (TPSA) is 49.3 Å². The lowest BCUT2D eigenvalue weighted by Crippen LogP contribution is -2.38. The molecule has 0 N–H and O–H groups in total. The molecule has 0 atom stereocenters. The third kappa shape index (κ3) is 4.10. The lowest BCUT2D eigenvalue weighted by Gasteiger charge is -2.33. The van der Waals surface area contributed by atoms with Crippen molar-refractivity contribution in [2.24, 2.45) is 0 Å². The minimum Gasteiger partial charge on any atom is -0.357 e. The summed E-state index contributed by atoms with van der Waals surface area (Å²) in [6.45, 7) is 5.46. The van der Waals surface area contributed by atoms with E-state index in [2.05, 4.69) is 41.7 Å². The van der Waals surface area contributed by atoms with Crippen LogP contribution in [0.4, 0.5) is 5.82 Å². The molecule has 1 aliphatic rings. The SMILES string of the molecule is CC(C)N(C)c1nc(-c2ccccc2)nc2c1CN(C(=O)c1ccc(Br)cc1)CC2. The predicted molar refractivity (Wildman–Crippen MR) is 124 cm³/mol. The monoisotopic (exact) mass is 464 g/mol. The molecule has 0 bridgehead atoms. The molecule has 1 aliphatic heterocycles. The zero-order valence-electron chi connectivity index (χ0n) is 17.5. The van der Waals surface area contributed by atoms with Crippen molar-refractivity contribution in [1.29, 1.82) is 0 Å². The number of fused-ring (bicyclic) bond motifs is 1. The van der Waals surface area contributed by atoms with Crippen LogP contribution in [0.3, 0.4) is 0 Å². The van der Waals surface area contributed by atoms with E-state index in [1.165, 1.54) is 0 Å². The summed E-state index contributed by atoms with van der Waals surface area (Å²) in [6, 6.07) is 17.9. The third-order valence-corrected chi connectivity index (χ3v) is 6.09. The first-order valence-corrected chi connectivity index (χ1v) is 11.0. The molecule has 0 aliphatic carbocycles. The molecule has 3 aromatic rings. The fourth-order valence-electron chi connectivity index (χ4n) is 3.60. The molecule has 30 heavy (non-hydrogen) atoms. The molecule has 154 valence electrons. The largest absolute Gasteiger partial charge is 0.357 e. The van der Waals surface area contributed by atoms with E-state index in [4.69, 9.17) is 9.97 Å². The lowest BCUT2D eigenvalue weighted by atomic mass is 10.0. The van der Waals surface area contributed by atoms with Gasteiger partial charge in [-0.15, -0.1) is 0 Å². The molecule has 5 nitrogen and oxygen atoms in total. The lowest BCUT2D eigenvalue weighted by molar-refractivity contribution is 0.0733. The molecule has 0 saturated heterocycles. The molecule has 2 heterocycles. The van der Waals surface area contributed by atoms with Crippen LogP contribution < -0.4 is 4.90 Å². The van der Waals surface area contributed by atoms with Crippen molar-refractivity contribution in [2.45, 2.75) is 32.9 Å². The molecule has 0 fully saturated rings. The van der Waals surface area contributed by atoms with Crippen molar-refractivity contribution in [2.75, 3.05) is 18.5 Å². The Morgan fingerprint density at radius 2 is 1.77 bits per heavy atom. The quantitative estimate of drug-likeness (QED) is 0.547. The van der Waals surface area contributed by atoms with Crippen molar-refractivity contribution in [1.82, 2.24) is 14.9 Å². The van der Waals surface area contributed by atoms with Gasteiger partial charge in [-0.05, 0) is 38.1 Å². The first-order chi connectivity index (χ1) is 14.4. The molecule has 0 spiro atoms. The van der Waals surface area contributed by atoms with E-state index in [1.54, 1.807) is 0 Å². The third-order valence-electron chi connectivity index (χ3n) is 5.56. The predicted octanol–water partition coefficient (Wildman–Crippen LogP) is 4.95. The molecule has 2 aromatic carbocycles. The summed E-state index contributed by atoms with van der Waals surface area (Å²) in [5.74, 6) is 1.69. The van der Waals surface area contributed by atoms with Crippen LogP contribution in [0.15, 0.2) is 59.1 Å². The normalized spacial score (nSPS) is 13.3. The summed E-state index contributed by atoms with van der Waals surface area (Å²) in [6.07, 6.45) is 0.721. The van der Waals surface area contributed by atoms with Crippen LogP contribution in [0.25, 0.3) is 11.4 Å². The van der Waals surface area contributed by atoms with Gasteiger partial charge in [0.05, 0.1) is 12.2 Å². The minimum atomic E-state index is 0.0402. The van der Waals surface area contributed by atoms with Crippen molar-refractivity contribution in [3.8, 4) is 11.4 Å². The minimum absolute atomic E-state index is 0.0402. The van der Waals surface area contributed by atoms with E-state index >= 15 is 0 Å². The molecule has 4 rings (SSSR count). The first kappa shape index (κ1) is 20.5. The van der Waals surface area contributed by atoms with Gasteiger partial charge in [0.25, 0.3) is 5.91 Å². The number of hydrogen-bond acceptors (Lipinski definition) is 4. The number of halogens is 1. The van der Waals surface area contributed by atoms with Gasteiger partial charge in [0.2, 0.25) is 0 Å². The van der Waals surface area contributed by atoms with Crippen molar-refractivity contribution < 1.29 is 4.79 Å². The van der Waals surface area contributed by atoms with E-state index in [0.29, 0.717) is 18.7 Å². The summed E-state index contributed by atoms with van der Waals surface area (Å²) in [7, 11) is 2.05. The van der Waals surface area contributed by atoms with Crippen molar-refractivity contribution >= 4 is 27.7 Å². The Bertz CT molecular complexity index is 1050. The summed E-state index contributed by atoms with van der Waals surface area (Å²) in [5.41, 5.74) is 3.78. The summed E-state index contributed by atoms with van der Waals surface area (Å²) >= 11 is 3.43. The van der Waals surface area contributed by atoms with Crippen LogP contribution in [-0.4, -0.2) is 40.4 Å². The number of amides is 1. The van der Waals surface area contributed by atoms with Crippen molar-refractivity contribution in [3.05, 3.63) is 75.9 Å². The molecule has 1 amide bonds. The average Bonchev–Trinajstić information content (AvgIpc) is 2.78. The molecule has 0 saturated carbocycles. The Kier molecular flexibility index (Phi) is 5.86. The Hall–Kier alpha value is -2.73. The van der Waals surface area contributed by atoms with Crippen LogP contribution in [0.1, 0.15) is 35.5 Å². The highest BCUT2D eigenvalue weighted by Crippen LogP contribution is 2.30. The fraction of sp³-hybridized carbons (Fsp3) is 0.292. The van der Waals surface area contributed by atoms with Gasteiger partial charge in [0, 0.05) is 47.2 Å². The molecule has 0 unspecified atom stereocenters. The van der Waals surface area contributed by atoms with E-state index in [-0.39, 0.29) is 11.9 Å². The number of hydrogen-bond donors (Lipinski definition) is 0. The van der Waals surface area contributed by atoms with Crippen LogP contribution in [0.2, 0.25) is 0 Å². The number of carbonyl (C=O) groups is 1. The van der Waals surface area contributed by atoms with Gasteiger partial charge >= 0.3 is 0 Å². The summed E-state index contributed by atoms with van der Waals surface area (Å²) < 4.78 is 0.964. The molecule has 0 radical (unpaired) electrons. The van der Waals surface area contributed by atoms with Crippen LogP contribution in [-0.2, 0) is 13.0 Å². The highest BCUT2D eigenvalue weighted by atomic mass is 79.9. The van der Waals surface area contributed by atoms with Gasteiger partial charge in [0.15, 0.2) is 5.82 Å².